The molecule has 0 aromatic heterocycles. The van der Waals surface area contributed by atoms with Crippen LogP contribution >= 0.6 is 11.6 Å². The van der Waals surface area contributed by atoms with Crippen LogP contribution in [0.4, 0.5) is 0 Å². The zero-order chi connectivity index (χ0) is 17.4. The van der Waals surface area contributed by atoms with Crippen LogP contribution in [-0.4, -0.2) is 25.8 Å². The van der Waals surface area contributed by atoms with Gasteiger partial charge in [-0.3, -0.25) is 0 Å². The monoisotopic (exact) mass is 357 g/mol. The number of benzene rings is 2. The second-order valence-corrected chi connectivity index (χ2v) is 5.70. The number of aliphatic imine (C=N–C) groups is 1. The fourth-order valence-electron chi connectivity index (χ4n) is 2.46. The molecule has 25 heavy (non-hydrogen) atoms. The van der Waals surface area contributed by atoms with Gasteiger partial charge in [-0.2, -0.15) is 0 Å². The van der Waals surface area contributed by atoms with E-state index in [2.05, 4.69) is 4.99 Å². The van der Waals surface area contributed by atoms with Crippen LogP contribution in [0.5, 0.6) is 17.2 Å². The van der Waals surface area contributed by atoms with E-state index >= 15 is 0 Å². The lowest BCUT2D eigenvalue weighted by molar-refractivity contribution is -0.129. The molecule has 0 bridgehead atoms. The summed E-state index contributed by atoms with van der Waals surface area (Å²) < 4.78 is 20.9. The minimum absolute atomic E-state index is 0.146. The highest BCUT2D eigenvalue weighted by Gasteiger charge is 2.25. The number of methoxy groups -OCH3 is 1. The fraction of sp³-hybridized carbons (Fsp3) is 0.111. The highest BCUT2D eigenvalue weighted by Crippen LogP contribution is 2.38. The SMILES string of the molecule is COc1ccc(C2=NC(=Cc3cc4c(cc3Cl)OCO4)C(=O)O2)cc1. The standard InChI is InChI=1S/C18H12ClNO5/c1-22-12-4-2-10(3-5-12)17-20-14(18(21)25-17)6-11-7-15-16(8-13(11)19)24-9-23-15/h2-8H,9H2,1H3. The van der Waals surface area contributed by atoms with Crippen LogP contribution in [-0.2, 0) is 9.53 Å². The number of nitrogens with zero attached hydrogens (tertiary/aromatic N) is 1. The van der Waals surface area contributed by atoms with E-state index in [-0.39, 0.29) is 18.4 Å². The normalized spacial score (nSPS) is 16.8. The largest absolute Gasteiger partial charge is 0.497 e. The first-order chi connectivity index (χ1) is 12.1. The summed E-state index contributed by atoms with van der Waals surface area (Å²) in [4.78, 5) is 16.4. The lowest BCUT2D eigenvalue weighted by Crippen LogP contribution is -2.05. The molecule has 0 unspecified atom stereocenters. The van der Waals surface area contributed by atoms with Crippen molar-refractivity contribution in [1.29, 1.82) is 0 Å². The van der Waals surface area contributed by atoms with Gasteiger partial charge in [0.2, 0.25) is 12.7 Å². The molecule has 0 aliphatic carbocycles. The molecule has 0 spiro atoms. The molecule has 0 saturated heterocycles. The third kappa shape index (κ3) is 2.92. The topological polar surface area (TPSA) is 66.3 Å². The smallest absolute Gasteiger partial charge is 0.363 e. The summed E-state index contributed by atoms with van der Waals surface area (Å²) in [6, 6.07) is 10.4. The van der Waals surface area contributed by atoms with E-state index in [4.69, 9.17) is 30.5 Å². The van der Waals surface area contributed by atoms with Crippen molar-refractivity contribution in [2.24, 2.45) is 4.99 Å². The average Bonchev–Trinajstić information content (AvgIpc) is 3.22. The Morgan fingerprint density at radius 3 is 2.60 bits per heavy atom. The quantitative estimate of drug-likeness (QED) is 0.622. The number of esters is 1. The van der Waals surface area contributed by atoms with Crippen molar-refractivity contribution in [3.8, 4) is 17.2 Å². The molecule has 2 heterocycles. The zero-order valence-electron chi connectivity index (χ0n) is 13.1. The van der Waals surface area contributed by atoms with Crippen molar-refractivity contribution < 1.29 is 23.7 Å². The first kappa shape index (κ1) is 15.5. The highest BCUT2D eigenvalue weighted by molar-refractivity contribution is 6.32. The maximum Gasteiger partial charge on any atom is 0.363 e. The molecule has 0 fully saturated rings. The molecule has 2 aliphatic rings. The van der Waals surface area contributed by atoms with E-state index in [0.29, 0.717) is 33.4 Å². The van der Waals surface area contributed by atoms with Gasteiger partial charge in [-0.1, -0.05) is 11.6 Å². The minimum Gasteiger partial charge on any atom is -0.497 e. The van der Waals surface area contributed by atoms with Gasteiger partial charge in [0.05, 0.1) is 12.1 Å². The number of hydrogen-bond acceptors (Lipinski definition) is 6. The Labute approximate surface area is 148 Å². The summed E-state index contributed by atoms with van der Waals surface area (Å²) in [5, 5.41) is 0.428. The Kier molecular flexibility index (Phi) is 3.82. The van der Waals surface area contributed by atoms with Crippen LogP contribution in [0.15, 0.2) is 47.1 Å². The maximum atomic E-state index is 12.1. The second kappa shape index (κ2) is 6.14. The predicted molar refractivity (Wildman–Crippen MR) is 91.2 cm³/mol. The van der Waals surface area contributed by atoms with Crippen LogP contribution in [0.25, 0.3) is 6.08 Å². The van der Waals surface area contributed by atoms with E-state index in [0.717, 1.165) is 0 Å². The Hall–Kier alpha value is -2.99. The van der Waals surface area contributed by atoms with Gasteiger partial charge in [-0.05, 0) is 42.0 Å². The van der Waals surface area contributed by atoms with Gasteiger partial charge in [0.15, 0.2) is 17.2 Å². The van der Waals surface area contributed by atoms with Crippen LogP contribution < -0.4 is 14.2 Å². The molecule has 0 N–H and O–H groups in total. The van der Waals surface area contributed by atoms with Crippen LogP contribution in [0.3, 0.4) is 0 Å². The van der Waals surface area contributed by atoms with Crippen molar-refractivity contribution >= 4 is 29.5 Å². The number of fused-ring (bicyclic) bond motifs is 1. The summed E-state index contributed by atoms with van der Waals surface area (Å²) >= 11 is 6.23. The molecule has 2 aromatic rings. The van der Waals surface area contributed by atoms with Gasteiger partial charge < -0.3 is 18.9 Å². The molecular weight excluding hydrogens is 346 g/mol. The molecular formula is C18H12ClNO5. The van der Waals surface area contributed by atoms with Crippen molar-refractivity contribution in [2.75, 3.05) is 13.9 Å². The molecule has 0 saturated carbocycles. The van der Waals surface area contributed by atoms with Gasteiger partial charge >= 0.3 is 5.97 Å². The molecule has 0 amide bonds. The van der Waals surface area contributed by atoms with Crippen molar-refractivity contribution in [3.63, 3.8) is 0 Å². The molecule has 2 aromatic carbocycles. The number of ether oxygens (including phenoxy) is 4. The van der Waals surface area contributed by atoms with Gasteiger partial charge in [0.1, 0.15) is 5.75 Å². The van der Waals surface area contributed by atoms with Gasteiger partial charge in [0.25, 0.3) is 0 Å². The summed E-state index contributed by atoms with van der Waals surface area (Å²) in [5.74, 6) is 1.54. The van der Waals surface area contributed by atoms with E-state index < -0.39 is 5.97 Å². The first-order valence-electron chi connectivity index (χ1n) is 7.40. The van der Waals surface area contributed by atoms with Crippen molar-refractivity contribution in [1.82, 2.24) is 0 Å². The number of hydrogen-bond donors (Lipinski definition) is 0. The fourth-order valence-corrected chi connectivity index (χ4v) is 2.67. The Bertz CT molecular complexity index is 918. The summed E-state index contributed by atoms with van der Waals surface area (Å²) in [7, 11) is 1.58. The number of halogens is 1. The molecule has 0 radical (unpaired) electrons. The van der Waals surface area contributed by atoms with E-state index in [1.54, 1.807) is 49.6 Å². The number of carbonyl (C=O) groups is 1. The van der Waals surface area contributed by atoms with Crippen LogP contribution in [0.2, 0.25) is 5.02 Å². The lowest BCUT2D eigenvalue weighted by Gasteiger charge is -2.01. The van der Waals surface area contributed by atoms with E-state index in [1.165, 1.54) is 0 Å². The Morgan fingerprint density at radius 1 is 1.16 bits per heavy atom. The minimum atomic E-state index is -0.542. The van der Waals surface area contributed by atoms with Crippen LogP contribution in [0, 0.1) is 0 Å². The molecule has 4 rings (SSSR count). The summed E-state index contributed by atoms with van der Waals surface area (Å²) in [5.41, 5.74) is 1.43. The lowest BCUT2D eigenvalue weighted by atomic mass is 10.1. The van der Waals surface area contributed by atoms with Gasteiger partial charge in [0, 0.05) is 11.6 Å². The number of cyclic esters (lactones) is 1. The maximum absolute atomic E-state index is 12.1. The van der Waals surface area contributed by atoms with Crippen molar-refractivity contribution in [2.45, 2.75) is 0 Å². The summed E-state index contributed by atoms with van der Waals surface area (Å²) in [6.45, 7) is 0.146. The third-order valence-electron chi connectivity index (χ3n) is 3.74. The average molecular weight is 358 g/mol. The summed E-state index contributed by atoms with van der Waals surface area (Å²) in [6.07, 6.45) is 1.56. The molecule has 7 heteroatoms. The van der Waals surface area contributed by atoms with Gasteiger partial charge in [-0.25, -0.2) is 9.79 Å². The number of rotatable bonds is 3. The number of carbonyl (C=O) groups excluding carboxylic acids is 1. The van der Waals surface area contributed by atoms with Crippen LogP contribution in [0.1, 0.15) is 11.1 Å². The van der Waals surface area contributed by atoms with E-state index in [9.17, 15) is 4.79 Å². The zero-order valence-corrected chi connectivity index (χ0v) is 13.9. The molecule has 6 nitrogen and oxygen atoms in total. The predicted octanol–water partition coefficient (Wildman–Crippen LogP) is 3.42. The second-order valence-electron chi connectivity index (χ2n) is 5.29. The van der Waals surface area contributed by atoms with Gasteiger partial charge in [-0.15, -0.1) is 0 Å². The Morgan fingerprint density at radius 2 is 1.88 bits per heavy atom. The molecule has 2 aliphatic heterocycles. The van der Waals surface area contributed by atoms with E-state index in [1.807, 2.05) is 0 Å². The van der Waals surface area contributed by atoms with Crippen molar-refractivity contribution in [3.05, 3.63) is 58.2 Å². The molecule has 0 atom stereocenters. The molecule has 126 valence electrons. The highest BCUT2D eigenvalue weighted by atomic mass is 35.5. The first-order valence-corrected chi connectivity index (χ1v) is 7.78. The Balaban J connectivity index is 1.67. The third-order valence-corrected chi connectivity index (χ3v) is 4.07.